The molecule has 4 rings (SSSR count). The topological polar surface area (TPSA) is 94.6 Å². The van der Waals surface area contributed by atoms with Crippen molar-refractivity contribution in [3.8, 4) is 0 Å². The van der Waals surface area contributed by atoms with Gasteiger partial charge in [0.1, 0.15) is 5.82 Å². The minimum Gasteiger partial charge on any atom is -0.354 e. The number of aromatic nitrogens is 1. The monoisotopic (exact) mass is 477 g/mol. The molecule has 0 unspecified atom stereocenters. The van der Waals surface area contributed by atoms with Gasteiger partial charge in [0.05, 0.1) is 17.3 Å². The zero-order valence-corrected chi connectivity index (χ0v) is 19.7. The molecular weight excluding hydrogens is 450 g/mol. The van der Waals surface area contributed by atoms with Crippen molar-refractivity contribution < 1.29 is 13.2 Å². The Balaban J connectivity index is 1.33. The molecule has 2 heterocycles. The quantitative estimate of drug-likeness (QED) is 0.541. The highest BCUT2D eigenvalue weighted by Gasteiger charge is 2.15. The van der Waals surface area contributed by atoms with E-state index in [1.807, 2.05) is 42.5 Å². The number of rotatable bonds is 7. The van der Waals surface area contributed by atoms with Crippen LogP contribution < -0.4 is 14.9 Å². The van der Waals surface area contributed by atoms with E-state index in [-0.39, 0.29) is 5.91 Å². The van der Waals surface area contributed by atoms with E-state index in [0.717, 1.165) is 43.0 Å². The van der Waals surface area contributed by atoms with Gasteiger partial charge in [-0.15, -0.1) is 0 Å². The molecule has 3 aromatic rings. The standard InChI is InChI=1S/C25H27N5O3S/c1-29-14-16-30(17-15-29)24-12-11-23(19-26-24)27-25(31)21-7-9-22(10-8-21)28-34(32,33)18-13-20-5-3-2-4-6-20/h2-13,18-19,28H,14-17H2,1H3,(H,27,31)/b18-13+. The van der Waals surface area contributed by atoms with Gasteiger partial charge in [-0.3, -0.25) is 9.52 Å². The van der Waals surface area contributed by atoms with Crippen molar-refractivity contribution in [2.24, 2.45) is 0 Å². The van der Waals surface area contributed by atoms with E-state index in [9.17, 15) is 13.2 Å². The molecule has 176 valence electrons. The number of hydrogen-bond donors (Lipinski definition) is 2. The molecule has 8 nitrogen and oxygen atoms in total. The molecule has 1 aliphatic heterocycles. The number of hydrogen-bond acceptors (Lipinski definition) is 6. The molecule has 2 aromatic carbocycles. The van der Waals surface area contributed by atoms with Crippen LogP contribution in [-0.4, -0.2) is 57.4 Å². The molecule has 0 atom stereocenters. The number of anilines is 3. The zero-order chi connectivity index (χ0) is 24.0. The lowest BCUT2D eigenvalue weighted by Gasteiger charge is -2.33. The minimum atomic E-state index is -3.68. The summed E-state index contributed by atoms with van der Waals surface area (Å²) in [6, 6.07) is 19.1. The lowest BCUT2D eigenvalue weighted by atomic mass is 10.2. The maximum atomic E-state index is 12.6. The minimum absolute atomic E-state index is 0.299. The van der Waals surface area contributed by atoms with Gasteiger partial charge >= 0.3 is 0 Å². The Kier molecular flexibility index (Phi) is 7.24. The van der Waals surface area contributed by atoms with Gasteiger partial charge in [0.2, 0.25) is 0 Å². The first-order chi connectivity index (χ1) is 16.4. The third kappa shape index (κ3) is 6.43. The highest BCUT2D eigenvalue weighted by molar-refractivity contribution is 7.95. The number of amides is 1. The summed E-state index contributed by atoms with van der Waals surface area (Å²) in [7, 11) is -1.57. The molecular formula is C25H27N5O3S. The molecule has 0 bridgehead atoms. The lowest BCUT2D eigenvalue weighted by molar-refractivity contribution is 0.102. The maximum absolute atomic E-state index is 12.6. The fraction of sp³-hybridized carbons (Fsp3) is 0.200. The summed E-state index contributed by atoms with van der Waals surface area (Å²) in [5, 5.41) is 3.94. The van der Waals surface area contributed by atoms with Crippen molar-refractivity contribution in [1.29, 1.82) is 0 Å². The fourth-order valence-electron chi connectivity index (χ4n) is 3.51. The van der Waals surface area contributed by atoms with Crippen LogP contribution in [0.3, 0.4) is 0 Å². The van der Waals surface area contributed by atoms with Gasteiger partial charge in [0.15, 0.2) is 0 Å². The SMILES string of the molecule is CN1CCN(c2ccc(NC(=O)c3ccc(NS(=O)(=O)/C=C/c4ccccc4)cc3)cn2)CC1. The van der Waals surface area contributed by atoms with E-state index in [0.29, 0.717) is 16.9 Å². The molecule has 0 saturated carbocycles. The largest absolute Gasteiger partial charge is 0.354 e. The number of nitrogens with zero attached hydrogens (tertiary/aromatic N) is 3. The first-order valence-corrected chi connectivity index (χ1v) is 12.5. The third-order valence-corrected chi connectivity index (χ3v) is 6.49. The van der Waals surface area contributed by atoms with Crippen LogP contribution in [0.4, 0.5) is 17.2 Å². The number of carbonyl (C=O) groups is 1. The van der Waals surface area contributed by atoms with Crippen LogP contribution in [0, 0.1) is 0 Å². The number of piperazine rings is 1. The molecule has 0 spiro atoms. The van der Waals surface area contributed by atoms with Crippen molar-refractivity contribution >= 4 is 39.2 Å². The number of pyridine rings is 1. The Labute approximate surface area is 200 Å². The predicted molar refractivity (Wildman–Crippen MR) is 136 cm³/mol. The first kappa shape index (κ1) is 23.5. The third-order valence-electron chi connectivity index (χ3n) is 5.48. The van der Waals surface area contributed by atoms with Crippen LogP contribution in [0.5, 0.6) is 0 Å². The van der Waals surface area contributed by atoms with Crippen LogP contribution in [0.15, 0.2) is 78.3 Å². The maximum Gasteiger partial charge on any atom is 0.255 e. The Hall–Kier alpha value is -3.69. The number of sulfonamides is 1. The van der Waals surface area contributed by atoms with Crippen LogP contribution in [0.2, 0.25) is 0 Å². The fourth-order valence-corrected chi connectivity index (χ4v) is 4.38. The molecule has 0 radical (unpaired) electrons. The molecule has 1 saturated heterocycles. The van der Waals surface area contributed by atoms with E-state index >= 15 is 0 Å². The van der Waals surface area contributed by atoms with Gasteiger partial charge in [-0.1, -0.05) is 30.3 Å². The van der Waals surface area contributed by atoms with Crippen LogP contribution in [0.1, 0.15) is 15.9 Å². The zero-order valence-electron chi connectivity index (χ0n) is 18.9. The van der Waals surface area contributed by atoms with Crippen LogP contribution >= 0.6 is 0 Å². The summed E-state index contributed by atoms with van der Waals surface area (Å²) in [5.41, 5.74) is 2.16. The van der Waals surface area contributed by atoms with E-state index in [2.05, 4.69) is 31.9 Å². The van der Waals surface area contributed by atoms with Gasteiger partial charge in [-0.2, -0.15) is 0 Å². The summed E-state index contributed by atoms with van der Waals surface area (Å²) in [6.45, 7) is 3.84. The molecule has 1 aliphatic rings. The summed E-state index contributed by atoms with van der Waals surface area (Å²) < 4.78 is 27.1. The molecule has 1 aromatic heterocycles. The van der Waals surface area contributed by atoms with Crippen molar-refractivity contribution in [3.05, 3.63) is 89.5 Å². The summed E-state index contributed by atoms with van der Waals surface area (Å²) in [5.74, 6) is 0.594. The second-order valence-electron chi connectivity index (χ2n) is 8.09. The van der Waals surface area contributed by atoms with Crippen molar-refractivity contribution in [2.75, 3.05) is 48.2 Å². The van der Waals surface area contributed by atoms with Gasteiger partial charge in [0.25, 0.3) is 15.9 Å². The molecule has 9 heteroatoms. The number of nitrogens with one attached hydrogen (secondary N) is 2. The first-order valence-electron chi connectivity index (χ1n) is 10.9. The highest BCUT2D eigenvalue weighted by atomic mass is 32.2. The van der Waals surface area contributed by atoms with Crippen LogP contribution in [0.25, 0.3) is 6.08 Å². The van der Waals surface area contributed by atoms with Gasteiger partial charge in [-0.05, 0) is 55.1 Å². The summed E-state index contributed by atoms with van der Waals surface area (Å²) >= 11 is 0. The van der Waals surface area contributed by atoms with E-state index in [1.54, 1.807) is 30.5 Å². The molecule has 2 N–H and O–H groups in total. The van der Waals surface area contributed by atoms with Gasteiger partial charge < -0.3 is 15.1 Å². The van der Waals surface area contributed by atoms with E-state index in [1.165, 1.54) is 6.08 Å². The normalized spacial score (nSPS) is 14.8. The number of likely N-dealkylation sites (N-methyl/N-ethyl adjacent to an activating group) is 1. The average molecular weight is 478 g/mol. The highest BCUT2D eigenvalue weighted by Crippen LogP contribution is 2.18. The second-order valence-corrected chi connectivity index (χ2v) is 9.65. The Morgan fingerprint density at radius 3 is 2.24 bits per heavy atom. The molecule has 0 aliphatic carbocycles. The van der Waals surface area contributed by atoms with Crippen LogP contribution in [-0.2, 0) is 10.0 Å². The molecule has 1 amide bonds. The van der Waals surface area contributed by atoms with Crippen molar-refractivity contribution in [1.82, 2.24) is 9.88 Å². The van der Waals surface area contributed by atoms with E-state index in [4.69, 9.17) is 0 Å². The smallest absolute Gasteiger partial charge is 0.255 e. The predicted octanol–water partition coefficient (Wildman–Crippen LogP) is 3.50. The van der Waals surface area contributed by atoms with Crippen molar-refractivity contribution in [3.63, 3.8) is 0 Å². The Morgan fingerprint density at radius 1 is 0.912 bits per heavy atom. The molecule has 1 fully saturated rings. The Morgan fingerprint density at radius 2 is 1.59 bits per heavy atom. The van der Waals surface area contributed by atoms with Crippen molar-refractivity contribution in [2.45, 2.75) is 0 Å². The van der Waals surface area contributed by atoms with Gasteiger partial charge in [-0.25, -0.2) is 13.4 Å². The summed E-state index contributed by atoms with van der Waals surface area (Å²) in [6.07, 6.45) is 3.17. The lowest BCUT2D eigenvalue weighted by Crippen LogP contribution is -2.44. The molecule has 34 heavy (non-hydrogen) atoms. The number of benzene rings is 2. The second kappa shape index (κ2) is 10.5. The number of carbonyl (C=O) groups excluding carboxylic acids is 1. The van der Waals surface area contributed by atoms with E-state index < -0.39 is 10.0 Å². The summed E-state index contributed by atoms with van der Waals surface area (Å²) in [4.78, 5) is 21.6. The van der Waals surface area contributed by atoms with Gasteiger partial charge in [0, 0.05) is 37.4 Å². The average Bonchev–Trinajstić information content (AvgIpc) is 2.85. The Bertz CT molecular complexity index is 1240.